The molecule has 0 aromatic carbocycles. The Labute approximate surface area is 129 Å². The van der Waals surface area contributed by atoms with Gasteiger partial charge in [0.2, 0.25) is 5.91 Å². The van der Waals surface area contributed by atoms with E-state index in [1.54, 1.807) is 0 Å². The number of rotatable bonds is 3. The van der Waals surface area contributed by atoms with E-state index in [-0.39, 0.29) is 6.04 Å². The van der Waals surface area contributed by atoms with Gasteiger partial charge in [-0.3, -0.25) is 9.69 Å². The van der Waals surface area contributed by atoms with E-state index in [4.69, 9.17) is 5.73 Å². The van der Waals surface area contributed by atoms with E-state index in [1.807, 2.05) is 0 Å². The van der Waals surface area contributed by atoms with Crippen molar-refractivity contribution in [1.82, 2.24) is 9.80 Å². The fourth-order valence-electron chi connectivity index (χ4n) is 4.65. The smallest absolute Gasteiger partial charge is 0.237 e. The number of fused-ring (bicyclic) bond motifs is 1. The summed E-state index contributed by atoms with van der Waals surface area (Å²) in [4.78, 5) is 17.3. The Balaban J connectivity index is 1.55. The summed E-state index contributed by atoms with van der Waals surface area (Å²) in [6.45, 7) is 5.75. The van der Waals surface area contributed by atoms with E-state index in [9.17, 15) is 4.79 Å². The Morgan fingerprint density at radius 2 is 1.90 bits per heavy atom. The van der Waals surface area contributed by atoms with Crippen molar-refractivity contribution in [2.24, 2.45) is 17.6 Å². The quantitative estimate of drug-likeness (QED) is 0.864. The molecule has 1 amide bonds. The molecule has 3 aliphatic rings. The molecule has 0 aromatic rings. The van der Waals surface area contributed by atoms with Gasteiger partial charge in [0, 0.05) is 25.2 Å². The van der Waals surface area contributed by atoms with Gasteiger partial charge in [-0.05, 0) is 57.4 Å². The van der Waals surface area contributed by atoms with Crippen molar-refractivity contribution in [3.63, 3.8) is 0 Å². The Morgan fingerprint density at radius 1 is 1.14 bits per heavy atom. The highest BCUT2D eigenvalue weighted by Crippen LogP contribution is 2.35. The number of carbonyl (C=O) groups excluding carboxylic acids is 1. The summed E-state index contributed by atoms with van der Waals surface area (Å²) >= 11 is 0. The molecule has 4 heteroatoms. The third kappa shape index (κ3) is 3.42. The van der Waals surface area contributed by atoms with Crippen LogP contribution in [-0.4, -0.2) is 54.0 Å². The summed E-state index contributed by atoms with van der Waals surface area (Å²) in [5.41, 5.74) is 6.00. The van der Waals surface area contributed by atoms with Crippen LogP contribution in [0.15, 0.2) is 0 Å². The average molecular weight is 293 g/mol. The van der Waals surface area contributed by atoms with Gasteiger partial charge in [-0.1, -0.05) is 12.8 Å². The van der Waals surface area contributed by atoms with Crippen molar-refractivity contribution >= 4 is 5.91 Å². The Kier molecular flexibility index (Phi) is 4.85. The first-order valence-corrected chi connectivity index (χ1v) is 8.92. The zero-order valence-electron chi connectivity index (χ0n) is 13.5. The van der Waals surface area contributed by atoms with Crippen molar-refractivity contribution in [2.45, 2.75) is 64.0 Å². The maximum atomic E-state index is 12.7. The standard InChI is InChI=1S/C17H31N3O/c1-13(18)15-8-10-19(11-15)12-17(21)20-9-4-6-14-5-2-3-7-16(14)20/h13-16H,2-12,18H2,1H3. The van der Waals surface area contributed by atoms with Crippen molar-refractivity contribution in [3.8, 4) is 0 Å². The zero-order valence-corrected chi connectivity index (χ0v) is 13.5. The highest BCUT2D eigenvalue weighted by molar-refractivity contribution is 5.78. The van der Waals surface area contributed by atoms with Crippen LogP contribution in [0.25, 0.3) is 0 Å². The van der Waals surface area contributed by atoms with Gasteiger partial charge in [0.05, 0.1) is 6.54 Å². The Bertz CT molecular complexity index is 369. The first-order chi connectivity index (χ1) is 10.1. The lowest BCUT2D eigenvalue weighted by atomic mass is 9.78. The fraction of sp³-hybridized carbons (Fsp3) is 0.941. The molecule has 120 valence electrons. The van der Waals surface area contributed by atoms with Crippen LogP contribution in [0.4, 0.5) is 0 Å². The second-order valence-corrected chi connectivity index (χ2v) is 7.48. The second-order valence-electron chi connectivity index (χ2n) is 7.48. The number of piperidine rings is 1. The summed E-state index contributed by atoms with van der Waals surface area (Å²) in [5.74, 6) is 1.73. The molecule has 0 bridgehead atoms. The summed E-state index contributed by atoms with van der Waals surface area (Å²) in [6, 6.07) is 0.801. The van der Waals surface area contributed by atoms with Crippen LogP contribution in [0.5, 0.6) is 0 Å². The van der Waals surface area contributed by atoms with Crippen LogP contribution in [-0.2, 0) is 4.79 Å². The maximum absolute atomic E-state index is 12.7. The van der Waals surface area contributed by atoms with Gasteiger partial charge in [0.25, 0.3) is 0 Å². The molecule has 2 saturated heterocycles. The molecule has 2 N–H and O–H groups in total. The summed E-state index contributed by atoms with van der Waals surface area (Å²) in [5, 5.41) is 0. The summed E-state index contributed by atoms with van der Waals surface area (Å²) in [6.07, 6.45) is 8.94. The number of carbonyl (C=O) groups is 1. The minimum atomic E-state index is 0.253. The molecule has 4 unspecified atom stereocenters. The highest BCUT2D eigenvalue weighted by atomic mass is 16.2. The van der Waals surface area contributed by atoms with E-state index in [2.05, 4.69) is 16.7 Å². The van der Waals surface area contributed by atoms with Gasteiger partial charge in [-0.25, -0.2) is 0 Å². The average Bonchev–Trinajstić information content (AvgIpc) is 2.95. The van der Waals surface area contributed by atoms with E-state index in [1.165, 1.54) is 38.5 Å². The van der Waals surface area contributed by atoms with E-state index in [0.717, 1.165) is 32.0 Å². The van der Waals surface area contributed by atoms with Crippen LogP contribution in [0.1, 0.15) is 51.9 Å². The van der Waals surface area contributed by atoms with Gasteiger partial charge in [-0.2, -0.15) is 0 Å². The largest absolute Gasteiger partial charge is 0.338 e. The van der Waals surface area contributed by atoms with Crippen LogP contribution in [0, 0.1) is 11.8 Å². The number of nitrogens with two attached hydrogens (primary N) is 1. The molecular weight excluding hydrogens is 262 g/mol. The second kappa shape index (κ2) is 6.66. The molecule has 3 fully saturated rings. The molecule has 0 radical (unpaired) electrons. The molecule has 1 saturated carbocycles. The lowest BCUT2D eigenvalue weighted by molar-refractivity contribution is -0.138. The molecule has 2 aliphatic heterocycles. The zero-order chi connectivity index (χ0) is 14.8. The maximum Gasteiger partial charge on any atom is 0.237 e. The first-order valence-electron chi connectivity index (χ1n) is 8.92. The first kappa shape index (κ1) is 15.3. The monoisotopic (exact) mass is 293 g/mol. The minimum Gasteiger partial charge on any atom is -0.338 e. The molecule has 0 spiro atoms. The van der Waals surface area contributed by atoms with E-state index >= 15 is 0 Å². The number of likely N-dealkylation sites (tertiary alicyclic amines) is 2. The van der Waals surface area contributed by atoms with Gasteiger partial charge in [0.1, 0.15) is 0 Å². The number of amides is 1. The number of hydrogen-bond donors (Lipinski definition) is 1. The lowest BCUT2D eigenvalue weighted by Crippen LogP contribution is -2.52. The van der Waals surface area contributed by atoms with Gasteiger partial charge < -0.3 is 10.6 Å². The molecular formula is C17H31N3O. The normalized spacial score (nSPS) is 35.5. The Hall–Kier alpha value is -0.610. The fourth-order valence-corrected chi connectivity index (χ4v) is 4.65. The van der Waals surface area contributed by atoms with Crippen molar-refractivity contribution in [1.29, 1.82) is 0 Å². The van der Waals surface area contributed by atoms with Crippen LogP contribution in [0.3, 0.4) is 0 Å². The number of hydrogen-bond acceptors (Lipinski definition) is 3. The van der Waals surface area contributed by atoms with Gasteiger partial charge in [-0.15, -0.1) is 0 Å². The van der Waals surface area contributed by atoms with E-state index in [0.29, 0.717) is 24.4 Å². The highest BCUT2D eigenvalue weighted by Gasteiger charge is 2.36. The molecule has 4 nitrogen and oxygen atoms in total. The minimum absolute atomic E-state index is 0.253. The molecule has 21 heavy (non-hydrogen) atoms. The van der Waals surface area contributed by atoms with Crippen molar-refractivity contribution in [2.75, 3.05) is 26.2 Å². The van der Waals surface area contributed by atoms with E-state index < -0.39 is 0 Å². The van der Waals surface area contributed by atoms with Crippen molar-refractivity contribution < 1.29 is 4.79 Å². The molecule has 0 aromatic heterocycles. The molecule has 2 heterocycles. The predicted octanol–water partition coefficient (Wildman–Crippen LogP) is 1.84. The molecule has 1 aliphatic carbocycles. The van der Waals surface area contributed by atoms with Crippen LogP contribution < -0.4 is 5.73 Å². The lowest BCUT2D eigenvalue weighted by Gasteiger charge is -2.44. The third-order valence-corrected chi connectivity index (χ3v) is 5.97. The van der Waals surface area contributed by atoms with Gasteiger partial charge in [0.15, 0.2) is 0 Å². The summed E-state index contributed by atoms with van der Waals surface area (Å²) < 4.78 is 0. The van der Waals surface area contributed by atoms with Gasteiger partial charge >= 0.3 is 0 Å². The topological polar surface area (TPSA) is 49.6 Å². The number of nitrogens with zero attached hydrogens (tertiary/aromatic N) is 2. The van der Waals surface area contributed by atoms with Crippen LogP contribution >= 0.6 is 0 Å². The molecule has 4 atom stereocenters. The van der Waals surface area contributed by atoms with Crippen molar-refractivity contribution in [3.05, 3.63) is 0 Å². The summed E-state index contributed by atoms with van der Waals surface area (Å²) in [7, 11) is 0. The Morgan fingerprint density at radius 3 is 2.67 bits per heavy atom. The van der Waals surface area contributed by atoms with Crippen LogP contribution in [0.2, 0.25) is 0 Å². The molecule has 3 rings (SSSR count). The predicted molar refractivity (Wildman–Crippen MR) is 84.9 cm³/mol. The third-order valence-electron chi connectivity index (χ3n) is 5.97. The SMILES string of the molecule is CC(N)C1CCN(CC(=O)N2CCCC3CCCCC32)C1.